The monoisotopic (exact) mass is 420 g/mol. The maximum Gasteiger partial charge on any atom is 0.318 e. The van der Waals surface area contributed by atoms with Crippen LogP contribution < -0.4 is 4.74 Å². The van der Waals surface area contributed by atoms with Gasteiger partial charge in [0.2, 0.25) is 5.82 Å². The van der Waals surface area contributed by atoms with Gasteiger partial charge in [-0.25, -0.2) is 22.0 Å². The smallest absolute Gasteiger partial charge is 0.318 e. The van der Waals surface area contributed by atoms with E-state index >= 15 is 0 Å². The van der Waals surface area contributed by atoms with Crippen LogP contribution >= 0.6 is 11.6 Å². The average molecular weight is 421 g/mol. The molecule has 3 rings (SSSR count). The molecule has 0 spiro atoms. The molecule has 0 aliphatic heterocycles. The van der Waals surface area contributed by atoms with E-state index in [1.807, 2.05) is 6.92 Å². The molecule has 3 nitrogen and oxygen atoms in total. The largest absolute Gasteiger partial charge is 0.494 e. The van der Waals surface area contributed by atoms with Gasteiger partial charge in [0.1, 0.15) is 17.8 Å². The van der Waals surface area contributed by atoms with Gasteiger partial charge in [-0.2, -0.15) is 0 Å². The summed E-state index contributed by atoms with van der Waals surface area (Å²) in [6.07, 6.45) is 0.207. The number of hydrogen-bond acceptors (Lipinski definition) is 3. The summed E-state index contributed by atoms with van der Waals surface area (Å²) in [4.78, 5) is 12.5. The van der Waals surface area contributed by atoms with E-state index in [1.54, 1.807) is 24.3 Å². The first-order chi connectivity index (χ1) is 13.2. The maximum absolute atomic E-state index is 13.7. The van der Waals surface area contributed by atoms with E-state index in [0.29, 0.717) is 17.9 Å². The molecule has 2 aromatic carbocycles. The minimum absolute atomic E-state index is 0.207. The first-order valence-corrected chi connectivity index (χ1v) is 8.72. The van der Waals surface area contributed by atoms with Crippen LogP contribution in [0.4, 0.5) is 22.0 Å². The van der Waals surface area contributed by atoms with Gasteiger partial charge in [-0.15, -0.1) is 11.6 Å². The summed E-state index contributed by atoms with van der Waals surface area (Å²) in [6.45, 7) is 1.14. The maximum atomic E-state index is 13.7. The van der Waals surface area contributed by atoms with Crippen molar-refractivity contribution in [2.75, 3.05) is 6.61 Å². The van der Waals surface area contributed by atoms with Crippen LogP contribution in [0, 0.1) is 29.1 Å². The van der Waals surface area contributed by atoms with E-state index in [1.165, 1.54) is 0 Å². The number of alkyl halides is 1. The Hall–Kier alpha value is -2.35. The molecule has 0 bridgehead atoms. The summed E-state index contributed by atoms with van der Waals surface area (Å²) in [7, 11) is 0. The Kier molecular flexibility index (Phi) is 5.52. The highest BCUT2D eigenvalue weighted by atomic mass is 35.5. The van der Waals surface area contributed by atoms with Crippen LogP contribution in [0.15, 0.2) is 24.3 Å². The van der Waals surface area contributed by atoms with Crippen LogP contribution in [-0.4, -0.2) is 18.0 Å². The number of rotatable bonds is 6. The molecule has 1 fully saturated rings. The lowest BCUT2D eigenvalue weighted by molar-refractivity contribution is -0.148. The van der Waals surface area contributed by atoms with Crippen molar-refractivity contribution in [3.63, 3.8) is 0 Å². The number of carbonyl (C=O) groups is 1. The van der Waals surface area contributed by atoms with Gasteiger partial charge in [-0.05, 0) is 31.0 Å². The Bertz CT molecular complexity index is 890. The molecule has 9 heteroatoms. The predicted molar refractivity (Wildman–Crippen MR) is 89.6 cm³/mol. The summed E-state index contributed by atoms with van der Waals surface area (Å²) in [5, 5.41) is -0.630. The van der Waals surface area contributed by atoms with Crippen molar-refractivity contribution in [1.29, 1.82) is 0 Å². The first kappa shape index (κ1) is 20.4. The summed E-state index contributed by atoms with van der Waals surface area (Å²) in [6, 6.07) is 6.46. The Labute approximate surface area is 162 Å². The summed E-state index contributed by atoms with van der Waals surface area (Å²) in [5.74, 6) is -10.9. The van der Waals surface area contributed by atoms with Crippen molar-refractivity contribution in [2.45, 2.75) is 30.7 Å². The molecule has 0 aromatic heterocycles. The Morgan fingerprint density at radius 1 is 1.04 bits per heavy atom. The molecule has 0 heterocycles. The first-order valence-electron chi connectivity index (χ1n) is 8.29. The highest BCUT2D eigenvalue weighted by molar-refractivity contribution is 6.27. The molecular formula is C19H14ClF5O3. The second-order valence-corrected chi connectivity index (χ2v) is 6.75. The van der Waals surface area contributed by atoms with Gasteiger partial charge in [0.05, 0.1) is 17.5 Å². The lowest BCUT2D eigenvalue weighted by Gasteiger charge is -2.17. The van der Waals surface area contributed by atoms with Crippen LogP contribution in [-0.2, 0) is 21.6 Å². The van der Waals surface area contributed by atoms with Gasteiger partial charge < -0.3 is 9.47 Å². The highest BCUT2D eigenvalue weighted by Crippen LogP contribution is 2.53. The SMILES string of the molecule is CCOc1ccc([C@@]2(C(=O)OCc3c(F)c(F)c(F)c(F)c3F)C[C@@H]2Cl)cc1. The molecule has 1 saturated carbocycles. The average Bonchev–Trinajstić information content (AvgIpc) is 3.37. The fourth-order valence-corrected chi connectivity index (χ4v) is 3.37. The number of benzene rings is 2. The minimum Gasteiger partial charge on any atom is -0.494 e. The molecule has 0 N–H and O–H groups in total. The van der Waals surface area contributed by atoms with Crippen LogP contribution in [0.2, 0.25) is 0 Å². The number of carbonyl (C=O) groups excluding carboxylic acids is 1. The molecule has 0 unspecified atom stereocenters. The van der Waals surface area contributed by atoms with Crippen molar-refractivity contribution < 1.29 is 36.2 Å². The highest BCUT2D eigenvalue weighted by Gasteiger charge is 2.62. The number of ether oxygens (including phenoxy) is 2. The zero-order chi connectivity index (χ0) is 20.6. The van der Waals surface area contributed by atoms with Gasteiger partial charge in [0.25, 0.3) is 0 Å². The van der Waals surface area contributed by atoms with E-state index in [2.05, 4.69) is 0 Å². The lowest BCUT2D eigenvalue weighted by atomic mass is 9.96. The second-order valence-electron chi connectivity index (χ2n) is 6.23. The quantitative estimate of drug-likeness (QED) is 0.222. The molecule has 0 amide bonds. The van der Waals surface area contributed by atoms with Crippen LogP contribution in [0.1, 0.15) is 24.5 Å². The van der Waals surface area contributed by atoms with Gasteiger partial charge in [0, 0.05) is 0 Å². The molecule has 0 saturated heterocycles. The third-order valence-electron chi connectivity index (χ3n) is 4.57. The third-order valence-corrected chi connectivity index (χ3v) is 5.10. The van der Waals surface area contributed by atoms with Crippen LogP contribution in [0.25, 0.3) is 0 Å². The van der Waals surface area contributed by atoms with E-state index in [-0.39, 0.29) is 6.42 Å². The molecule has 1 aliphatic carbocycles. The summed E-state index contributed by atoms with van der Waals surface area (Å²) in [5.41, 5.74) is -1.98. The third kappa shape index (κ3) is 3.30. The fraction of sp³-hybridized carbons (Fsp3) is 0.316. The normalized spacial score (nSPS) is 20.8. The topological polar surface area (TPSA) is 35.5 Å². The number of esters is 1. The zero-order valence-corrected chi connectivity index (χ0v) is 15.3. The van der Waals surface area contributed by atoms with E-state index in [4.69, 9.17) is 21.1 Å². The van der Waals surface area contributed by atoms with E-state index in [9.17, 15) is 26.7 Å². The second kappa shape index (κ2) is 7.58. The molecule has 2 aromatic rings. The van der Waals surface area contributed by atoms with Crippen molar-refractivity contribution in [2.24, 2.45) is 0 Å². The number of hydrogen-bond donors (Lipinski definition) is 0. The summed E-state index contributed by atoms with van der Waals surface area (Å²) < 4.78 is 77.3. The molecule has 0 radical (unpaired) electrons. The predicted octanol–water partition coefficient (Wildman–Crippen LogP) is 4.77. The van der Waals surface area contributed by atoms with Gasteiger partial charge in [0.15, 0.2) is 23.3 Å². The summed E-state index contributed by atoms with van der Waals surface area (Å²) >= 11 is 6.10. The minimum atomic E-state index is -2.28. The van der Waals surface area contributed by atoms with Crippen molar-refractivity contribution in [3.8, 4) is 5.75 Å². The van der Waals surface area contributed by atoms with Gasteiger partial charge >= 0.3 is 5.97 Å². The Morgan fingerprint density at radius 3 is 2.00 bits per heavy atom. The van der Waals surface area contributed by atoms with Crippen molar-refractivity contribution in [3.05, 3.63) is 64.5 Å². The Balaban J connectivity index is 1.81. The molecular weight excluding hydrogens is 407 g/mol. The van der Waals surface area contributed by atoms with Crippen LogP contribution in [0.3, 0.4) is 0 Å². The molecule has 28 heavy (non-hydrogen) atoms. The Morgan fingerprint density at radius 2 is 1.54 bits per heavy atom. The van der Waals surface area contributed by atoms with Gasteiger partial charge in [-0.1, -0.05) is 12.1 Å². The molecule has 1 aliphatic rings. The number of halogens is 6. The van der Waals surface area contributed by atoms with Crippen LogP contribution in [0.5, 0.6) is 5.75 Å². The van der Waals surface area contributed by atoms with E-state index < -0.39 is 58.0 Å². The van der Waals surface area contributed by atoms with Crippen molar-refractivity contribution in [1.82, 2.24) is 0 Å². The fourth-order valence-electron chi connectivity index (χ4n) is 2.91. The zero-order valence-electron chi connectivity index (χ0n) is 14.5. The van der Waals surface area contributed by atoms with Crippen molar-refractivity contribution >= 4 is 17.6 Å². The lowest BCUT2D eigenvalue weighted by Crippen LogP contribution is -2.26. The standard InChI is InChI=1S/C19H14ClF5O3/c1-2-27-10-5-3-9(4-6-10)19(7-12(19)20)18(26)28-8-11-13(21)15(23)17(25)16(24)14(11)22/h3-6,12H,2,7-8H2,1H3/t12-,19-/m0/s1. The van der Waals surface area contributed by atoms with Gasteiger partial charge in [-0.3, -0.25) is 4.79 Å². The molecule has 150 valence electrons. The molecule has 2 atom stereocenters. The van der Waals surface area contributed by atoms with E-state index in [0.717, 1.165) is 0 Å².